The summed E-state index contributed by atoms with van der Waals surface area (Å²) in [5.74, 6) is -0.502. The van der Waals surface area contributed by atoms with Crippen LogP contribution in [0, 0.1) is 0 Å². The summed E-state index contributed by atoms with van der Waals surface area (Å²) in [6, 6.07) is 9.90. The van der Waals surface area contributed by atoms with Crippen LogP contribution in [-0.2, 0) is 19.7 Å². The van der Waals surface area contributed by atoms with Gasteiger partial charge in [0, 0.05) is 49.4 Å². The lowest BCUT2D eigenvalue weighted by molar-refractivity contribution is -0.128. The van der Waals surface area contributed by atoms with Crippen LogP contribution in [0.2, 0.25) is 0 Å². The number of rotatable bonds is 6. The molecule has 4 rings (SSSR count). The van der Waals surface area contributed by atoms with Crippen molar-refractivity contribution in [1.29, 1.82) is 0 Å². The van der Waals surface area contributed by atoms with Gasteiger partial charge >= 0.3 is 0 Å². The maximum absolute atomic E-state index is 13.9. The van der Waals surface area contributed by atoms with Crippen LogP contribution >= 0.6 is 0 Å². The number of carbonyl (C=O) groups is 2. The molecule has 1 aromatic heterocycles. The predicted octanol–water partition coefficient (Wildman–Crippen LogP) is 2.47. The fraction of sp³-hybridized carbons (Fsp3) is 0.519. The Morgan fingerprint density at radius 2 is 1.89 bits per heavy atom. The van der Waals surface area contributed by atoms with Gasteiger partial charge in [-0.3, -0.25) is 19.5 Å². The third-order valence-corrected chi connectivity index (χ3v) is 6.73. The molecule has 2 aliphatic rings. The second-order valence-corrected chi connectivity index (χ2v) is 10.4. The van der Waals surface area contributed by atoms with E-state index in [1.54, 1.807) is 23.4 Å². The molecular weight excluding hydrogens is 444 g/mol. The molecule has 3 N–H and O–H groups in total. The number of aliphatic hydroxyl groups excluding tert-OH is 1. The topological polar surface area (TPSA) is 104 Å². The van der Waals surface area contributed by atoms with Gasteiger partial charge in [-0.1, -0.05) is 39.0 Å². The molecule has 0 radical (unpaired) electrons. The Kier molecular flexibility index (Phi) is 7.84. The van der Waals surface area contributed by atoms with Gasteiger partial charge in [0.2, 0.25) is 11.8 Å². The molecule has 188 valence electrons. The Labute approximate surface area is 207 Å². The Balaban J connectivity index is 1.74. The van der Waals surface area contributed by atoms with Crippen molar-refractivity contribution in [3.8, 4) is 0 Å². The van der Waals surface area contributed by atoms with E-state index < -0.39 is 18.2 Å². The zero-order valence-corrected chi connectivity index (χ0v) is 20.7. The Morgan fingerprint density at radius 3 is 2.46 bits per heavy atom. The van der Waals surface area contributed by atoms with Crippen molar-refractivity contribution < 1.29 is 19.4 Å². The van der Waals surface area contributed by atoms with Crippen LogP contribution in [0.15, 0.2) is 48.8 Å². The molecule has 8 nitrogen and oxygen atoms in total. The van der Waals surface area contributed by atoms with E-state index in [4.69, 9.17) is 4.74 Å². The van der Waals surface area contributed by atoms with E-state index >= 15 is 0 Å². The first-order valence-corrected chi connectivity index (χ1v) is 12.4. The van der Waals surface area contributed by atoms with Gasteiger partial charge in [-0.2, -0.15) is 0 Å². The second kappa shape index (κ2) is 10.8. The van der Waals surface area contributed by atoms with E-state index in [1.165, 1.54) is 0 Å². The largest absolute Gasteiger partial charge is 0.392 e. The zero-order valence-electron chi connectivity index (χ0n) is 20.7. The van der Waals surface area contributed by atoms with E-state index in [0.29, 0.717) is 37.4 Å². The van der Waals surface area contributed by atoms with Crippen molar-refractivity contribution in [1.82, 2.24) is 15.6 Å². The average Bonchev–Trinajstić information content (AvgIpc) is 3.29. The van der Waals surface area contributed by atoms with Crippen molar-refractivity contribution in [2.45, 2.75) is 69.7 Å². The van der Waals surface area contributed by atoms with Crippen LogP contribution in [0.3, 0.4) is 0 Å². The smallest absolute Gasteiger partial charge is 0.248 e. The molecule has 2 fully saturated rings. The van der Waals surface area contributed by atoms with Gasteiger partial charge in [0.15, 0.2) is 0 Å². The first-order chi connectivity index (χ1) is 16.7. The molecule has 2 amide bonds. The minimum Gasteiger partial charge on any atom is -0.392 e. The highest BCUT2D eigenvalue weighted by Crippen LogP contribution is 2.32. The summed E-state index contributed by atoms with van der Waals surface area (Å²) in [6.07, 6.45) is 4.45. The van der Waals surface area contributed by atoms with Crippen LogP contribution < -0.4 is 15.5 Å². The molecular formula is C27H36N4O4. The number of β-amino-alcohol motifs (C(OH)–C–C–N with tert-alkyl or cyclic N) is 1. The lowest BCUT2D eigenvalue weighted by Gasteiger charge is -2.35. The summed E-state index contributed by atoms with van der Waals surface area (Å²) < 4.78 is 5.44. The zero-order chi connectivity index (χ0) is 25.0. The number of amides is 2. The summed E-state index contributed by atoms with van der Waals surface area (Å²) >= 11 is 0. The first kappa shape index (κ1) is 25.3. The van der Waals surface area contributed by atoms with Gasteiger partial charge in [0.1, 0.15) is 6.04 Å². The summed E-state index contributed by atoms with van der Waals surface area (Å²) in [6.45, 7) is 7.95. The maximum Gasteiger partial charge on any atom is 0.248 e. The number of hydrogen-bond donors (Lipinski definition) is 3. The van der Waals surface area contributed by atoms with E-state index in [2.05, 4.69) is 36.4 Å². The number of pyridine rings is 1. The summed E-state index contributed by atoms with van der Waals surface area (Å²) in [5, 5.41) is 16.3. The second-order valence-electron chi connectivity index (χ2n) is 10.4. The SMILES string of the molecule is CC(C)(C)c1ccc(N(C(=O)[C@H]2C[C@@H](O)CN2)C(C(=O)NC2CCOCC2)c2cccnc2)cc1. The average molecular weight is 481 g/mol. The van der Waals surface area contributed by atoms with Gasteiger partial charge in [-0.15, -0.1) is 0 Å². The van der Waals surface area contributed by atoms with Crippen molar-refractivity contribution in [2.24, 2.45) is 0 Å². The van der Waals surface area contributed by atoms with Gasteiger partial charge in [-0.05, 0) is 48.4 Å². The summed E-state index contributed by atoms with van der Waals surface area (Å²) in [7, 11) is 0. The molecule has 2 aliphatic heterocycles. The van der Waals surface area contributed by atoms with Gasteiger partial charge < -0.3 is 20.5 Å². The quantitative estimate of drug-likeness (QED) is 0.587. The van der Waals surface area contributed by atoms with Crippen molar-refractivity contribution >= 4 is 17.5 Å². The van der Waals surface area contributed by atoms with Crippen LogP contribution in [-0.4, -0.2) is 59.9 Å². The standard InChI is InChI=1S/C27H36N4O4/c1-27(2,3)19-6-8-21(9-7-19)31(26(34)23-15-22(32)17-29-23)24(18-5-4-12-28-16-18)25(33)30-20-10-13-35-14-11-20/h4-9,12,16,20,22-24,29,32H,10-11,13-15,17H2,1-3H3,(H,30,33)/t22-,23-,24?/m1/s1. The molecule has 0 aliphatic carbocycles. The number of hydrogen-bond acceptors (Lipinski definition) is 6. The molecule has 2 aromatic rings. The van der Waals surface area contributed by atoms with Crippen molar-refractivity contribution in [3.63, 3.8) is 0 Å². The van der Waals surface area contributed by atoms with Crippen molar-refractivity contribution in [2.75, 3.05) is 24.7 Å². The first-order valence-electron chi connectivity index (χ1n) is 12.4. The van der Waals surface area contributed by atoms with E-state index in [0.717, 1.165) is 18.4 Å². The molecule has 3 heterocycles. The molecule has 0 bridgehead atoms. The molecule has 2 saturated heterocycles. The monoisotopic (exact) mass is 480 g/mol. The molecule has 8 heteroatoms. The van der Waals surface area contributed by atoms with Crippen LogP contribution in [0.4, 0.5) is 5.69 Å². The number of aromatic nitrogens is 1. The highest BCUT2D eigenvalue weighted by molar-refractivity contribution is 6.04. The molecule has 1 aromatic carbocycles. The Bertz CT molecular complexity index is 1000. The lowest BCUT2D eigenvalue weighted by Crippen LogP contribution is -2.52. The van der Waals surface area contributed by atoms with E-state index in [1.807, 2.05) is 30.3 Å². The lowest BCUT2D eigenvalue weighted by atomic mass is 9.87. The highest BCUT2D eigenvalue weighted by atomic mass is 16.5. The third-order valence-electron chi connectivity index (χ3n) is 6.73. The number of ether oxygens (including phenoxy) is 1. The number of nitrogens with zero attached hydrogens (tertiary/aromatic N) is 2. The molecule has 0 spiro atoms. The highest BCUT2D eigenvalue weighted by Gasteiger charge is 2.39. The molecule has 0 saturated carbocycles. The Hall–Kier alpha value is -2.81. The van der Waals surface area contributed by atoms with Crippen LogP contribution in [0.25, 0.3) is 0 Å². The Morgan fingerprint density at radius 1 is 1.17 bits per heavy atom. The number of aliphatic hydroxyl groups is 1. The minimum absolute atomic E-state index is 0.0120. The number of nitrogens with one attached hydrogen (secondary N) is 2. The van der Waals surface area contributed by atoms with Crippen LogP contribution in [0.1, 0.15) is 57.2 Å². The number of benzene rings is 1. The normalized spacial score (nSPS) is 21.9. The van der Waals surface area contributed by atoms with Gasteiger partial charge in [0.05, 0.1) is 12.1 Å². The van der Waals surface area contributed by atoms with Crippen LogP contribution in [0.5, 0.6) is 0 Å². The van der Waals surface area contributed by atoms with Gasteiger partial charge in [-0.25, -0.2) is 0 Å². The fourth-order valence-corrected chi connectivity index (χ4v) is 4.68. The molecule has 35 heavy (non-hydrogen) atoms. The number of carbonyl (C=O) groups excluding carboxylic acids is 2. The number of anilines is 1. The maximum atomic E-state index is 13.9. The minimum atomic E-state index is -0.904. The third kappa shape index (κ3) is 6.07. The van der Waals surface area contributed by atoms with E-state index in [-0.39, 0.29) is 23.3 Å². The summed E-state index contributed by atoms with van der Waals surface area (Å²) in [4.78, 5) is 33.5. The summed E-state index contributed by atoms with van der Waals surface area (Å²) in [5.41, 5.74) is 2.34. The van der Waals surface area contributed by atoms with E-state index in [9.17, 15) is 14.7 Å². The molecule has 1 unspecified atom stereocenters. The molecule has 3 atom stereocenters. The predicted molar refractivity (Wildman–Crippen MR) is 134 cm³/mol. The van der Waals surface area contributed by atoms with Gasteiger partial charge in [0.25, 0.3) is 0 Å². The van der Waals surface area contributed by atoms with Crippen molar-refractivity contribution in [3.05, 3.63) is 59.9 Å². The fourth-order valence-electron chi connectivity index (χ4n) is 4.68.